The van der Waals surface area contributed by atoms with Crippen LogP contribution in [0.15, 0.2) is 28.2 Å². The molecule has 25 heavy (non-hydrogen) atoms. The van der Waals surface area contributed by atoms with Crippen LogP contribution in [0.5, 0.6) is 5.75 Å². The maximum atomic E-state index is 12.7. The van der Waals surface area contributed by atoms with Crippen LogP contribution in [0.3, 0.4) is 0 Å². The highest BCUT2D eigenvalue weighted by molar-refractivity contribution is 9.10. The molecule has 0 bridgehead atoms. The third kappa shape index (κ3) is 3.74. The van der Waals surface area contributed by atoms with Gasteiger partial charge in [0.05, 0.1) is 19.8 Å². The van der Waals surface area contributed by atoms with Crippen molar-refractivity contribution in [2.75, 3.05) is 20.3 Å². The van der Waals surface area contributed by atoms with Gasteiger partial charge in [0.1, 0.15) is 11.3 Å². The van der Waals surface area contributed by atoms with Crippen LogP contribution in [-0.4, -0.2) is 49.1 Å². The van der Waals surface area contributed by atoms with Gasteiger partial charge in [0.15, 0.2) is 0 Å². The van der Waals surface area contributed by atoms with Crippen molar-refractivity contribution < 1.29 is 23.9 Å². The molecule has 2 heterocycles. The van der Waals surface area contributed by atoms with E-state index in [2.05, 4.69) is 21.2 Å². The molecule has 1 aromatic rings. The van der Waals surface area contributed by atoms with Gasteiger partial charge in [-0.1, -0.05) is 15.9 Å². The minimum absolute atomic E-state index is 0.117. The maximum Gasteiger partial charge on any atom is 0.331 e. The van der Waals surface area contributed by atoms with Gasteiger partial charge in [0.25, 0.3) is 11.8 Å². The lowest BCUT2D eigenvalue weighted by molar-refractivity contribution is -0.131. The lowest BCUT2D eigenvalue weighted by Gasteiger charge is -2.28. The molecular formula is C17H17BrN2O5. The summed E-state index contributed by atoms with van der Waals surface area (Å²) in [5.41, 5.74) is 0.441. The second kappa shape index (κ2) is 7.37. The number of nitrogens with zero attached hydrogens (tertiary/aromatic N) is 1. The van der Waals surface area contributed by atoms with E-state index in [0.717, 1.165) is 22.2 Å². The first-order valence-electron chi connectivity index (χ1n) is 7.83. The summed E-state index contributed by atoms with van der Waals surface area (Å²) in [6, 6.07) is 4.52. The predicted octanol–water partition coefficient (Wildman–Crippen LogP) is 2.10. The number of amides is 4. The standard InChI is InChI=1S/C17H17BrN2O5/c1-24-14-5-4-11(18)7-10(14)8-13-15(21)19-17(23)20(16(13)22)9-12-3-2-6-25-12/h4-5,7-8,12H,2-3,6,9H2,1H3,(H,19,21,23)/b13-8+/t12-/m1/s1. The minimum Gasteiger partial charge on any atom is -0.496 e. The number of hydrogen-bond donors (Lipinski definition) is 1. The van der Waals surface area contributed by atoms with Gasteiger partial charge in [-0.05, 0) is 37.1 Å². The largest absolute Gasteiger partial charge is 0.496 e. The van der Waals surface area contributed by atoms with E-state index in [1.165, 1.54) is 13.2 Å². The highest BCUT2D eigenvalue weighted by Crippen LogP contribution is 2.26. The molecule has 0 saturated carbocycles. The van der Waals surface area contributed by atoms with Gasteiger partial charge in [-0.2, -0.15) is 0 Å². The number of rotatable bonds is 4. The van der Waals surface area contributed by atoms with E-state index in [9.17, 15) is 14.4 Å². The Balaban J connectivity index is 1.91. The van der Waals surface area contributed by atoms with Crippen molar-refractivity contribution in [3.05, 3.63) is 33.8 Å². The van der Waals surface area contributed by atoms with Crippen LogP contribution in [0.4, 0.5) is 4.79 Å². The Kier molecular flexibility index (Phi) is 5.19. The number of carbonyl (C=O) groups is 3. The van der Waals surface area contributed by atoms with Crippen LogP contribution < -0.4 is 10.1 Å². The minimum atomic E-state index is -0.722. The third-order valence-electron chi connectivity index (χ3n) is 4.09. The van der Waals surface area contributed by atoms with Crippen molar-refractivity contribution in [1.29, 1.82) is 0 Å². The smallest absolute Gasteiger partial charge is 0.331 e. The first kappa shape index (κ1) is 17.6. The van der Waals surface area contributed by atoms with Crippen LogP contribution in [0.1, 0.15) is 18.4 Å². The van der Waals surface area contributed by atoms with Crippen molar-refractivity contribution in [3.8, 4) is 5.75 Å². The quantitative estimate of drug-likeness (QED) is 0.608. The molecule has 8 heteroatoms. The first-order chi connectivity index (χ1) is 12.0. The number of carbonyl (C=O) groups excluding carboxylic acids is 3. The fraction of sp³-hybridized carbons (Fsp3) is 0.353. The van der Waals surface area contributed by atoms with Crippen molar-refractivity contribution in [3.63, 3.8) is 0 Å². The number of ether oxygens (including phenoxy) is 2. The average Bonchev–Trinajstić information content (AvgIpc) is 3.09. The number of urea groups is 1. The molecule has 2 fully saturated rings. The molecule has 1 aromatic carbocycles. The topological polar surface area (TPSA) is 84.9 Å². The normalized spacial score (nSPS) is 22.5. The molecule has 0 radical (unpaired) electrons. The maximum absolute atomic E-state index is 12.7. The molecular weight excluding hydrogens is 392 g/mol. The fourth-order valence-electron chi connectivity index (χ4n) is 2.83. The predicted molar refractivity (Wildman–Crippen MR) is 92.9 cm³/mol. The Morgan fingerprint density at radius 2 is 2.20 bits per heavy atom. The van der Waals surface area contributed by atoms with Crippen molar-refractivity contribution in [2.45, 2.75) is 18.9 Å². The van der Waals surface area contributed by atoms with E-state index in [4.69, 9.17) is 9.47 Å². The molecule has 0 spiro atoms. The molecule has 7 nitrogen and oxygen atoms in total. The summed E-state index contributed by atoms with van der Waals surface area (Å²) in [5.74, 6) is -0.842. The second-order valence-corrected chi connectivity index (χ2v) is 6.67. The van der Waals surface area contributed by atoms with Crippen LogP contribution in [0, 0.1) is 0 Å². The van der Waals surface area contributed by atoms with Crippen LogP contribution in [0.25, 0.3) is 6.08 Å². The van der Waals surface area contributed by atoms with E-state index in [-0.39, 0.29) is 18.2 Å². The summed E-state index contributed by atoms with van der Waals surface area (Å²) in [5, 5.41) is 2.21. The molecule has 2 saturated heterocycles. The van der Waals surface area contributed by atoms with Gasteiger partial charge < -0.3 is 9.47 Å². The van der Waals surface area contributed by atoms with Gasteiger partial charge in [0.2, 0.25) is 0 Å². The van der Waals surface area contributed by atoms with Gasteiger partial charge in [-0.3, -0.25) is 19.8 Å². The summed E-state index contributed by atoms with van der Waals surface area (Å²) in [6.07, 6.45) is 2.91. The first-order valence-corrected chi connectivity index (χ1v) is 8.63. The highest BCUT2D eigenvalue weighted by atomic mass is 79.9. The van der Waals surface area contributed by atoms with E-state index >= 15 is 0 Å². The third-order valence-corrected chi connectivity index (χ3v) is 4.58. The van der Waals surface area contributed by atoms with Crippen molar-refractivity contribution in [2.24, 2.45) is 0 Å². The SMILES string of the molecule is COc1ccc(Br)cc1/C=C1\C(=O)NC(=O)N(C[C@H]2CCCO2)C1=O. The number of benzene rings is 1. The lowest BCUT2D eigenvalue weighted by atomic mass is 10.1. The monoisotopic (exact) mass is 408 g/mol. The second-order valence-electron chi connectivity index (χ2n) is 5.75. The molecule has 0 aromatic heterocycles. The summed E-state index contributed by atoms with van der Waals surface area (Å²) < 4.78 is 11.5. The average molecular weight is 409 g/mol. The Labute approximate surface area is 153 Å². The number of barbiturate groups is 1. The van der Waals surface area contributed by atoms with Crippen molar-refractivity contribution >= 4 is 39.9 Å². The lowest BCUT2D eigenvalue weighted by Crippen LogP contribution is -2.55. The van der Waals surface area contributed by atoms with Crippen LogP contribution in [0.2, 0.25) is 0 Å². The van der Waals surface area contributed by atoms with E-state index < -0.39 is 17.8 Å². The van der Waals surface area contributed by atoms with Gasteiger partial charge in [0, 0.05) is 16.6 Å². The van der Waals surface area contributed by atoms with E-state index in [1.807, 2.05) is 0 Å². The van der Waals surface area contributed by atoms with Crippen LogP contribution >= 0.6 is 15.9 Å². The number of imide groups is 2. The molecule has 0 unspecified atom stereocenters. The molecule has 4 amide bonds. The Morgan fingerprint density at radius 1 is 1.40 bits per heavy atom. The fourth-order valence-corrected chi connectivity index (χ4v) is 3.20. The Hall–Kier alpha value is -2.19. The summed E-state index contributed by atoms with van der Waals surface area (Å²) >= 11 is 3.35. The Bertz CT molecular complexity index is 755. The molecule has 2 aliphatic rings. The molecule has 132 valence electrons. The number of halogens is 1. The van der Waals surface area contributed by atoms with Gasteiger partial charge >= 0.3 is 6.03 Å². The molecule has 2 aliphatic heterocycles. The zero-order chi connectivity index (χ0) is 18.0. The molecule has 1 atom stereocenters. The zero-order valence-electron chi connectivity index (χ0n) is 13.6. The van der Waals surface area contributed by atoms with E-state index in [0.29, 0.717) is 17.9 Å². The Morgan fingerprint density at radius 3 is 2.88 bits per heavy atom. The summed E-state index contributed by atoms with van der Waals surface area (Å²) in [7, 11) is 1.50. The van der Waals surface area contributed by atoms with Gasteiger partial charge in [-0.25, -0.2) is 4.79 Å². The molecule has 0 aliphatic carbocycles. The van der Waals surface area contributed by atoms with E-state index in [1.54, 1.807) is 18.2 Å². The zero-order valence-corrected chi connectivity index (χ0v) is 15.2. The van der Waals surface area contributed by atoms with Gasteiger partial charge in [-0.15, -0.1) is 0 Å². The number of methoxy groups -OCH3 is 1. The highest BCUT2D eigenvalue weighted by Gasteiger charge is 2.37. The summed E-state index contributed by atoms with van der Waals surface area (Å²) in [4.78, 5) is 37.9. The number of hydrogen-bond acceptors (Lipinski definition) is 5. The molecule has 1 N–H and O–H groups in total. The van der Waals surface area contributed by atoms with Crippen LogP contribution in [-0.2, 0) is 14.3 Å². The molecule has 3 rings (SSSR count). The number of nitrogens with one attached hydrogen (secondary N) is 1. The summed E-state index contributed by atoms with van der Waals surface area (Å²) in [6.45, 7) is 0.746. The van der Waals surface area contributed by atoms with Crippen molar-refractivity contribution in [1.82, 2.24) is 10.2 Å².